The zero-order valence-corrected chi connectivity index (χ0v) is 11.2. The molecule has 3 rings (SSSR count). The highest BCUT2D eigenvalue weighted by atomic mass is 19.4. The average Bonchev–Trinajstić information content (AvgIpc) is 2.88. The van der Waals surface area contributed by atoms with Gasteiger partial charge >= 0.3 is 6.18 Å². The van der Waals surface area contributed by atoms with Crippen LogP contribution in [0.25, 0.3) is 5.78 Å². The minimum absolute atomic E-state index is 0.104. The molecule has 2 aromatic rings. The Morgan fingerprint density at radius 2 is 2.14 bits per heavy atom. The highest BCUT2D eigenvalue weighted by molar-refractivity contribution is 5.48. The Morgan fingerprint density at radius 3 is 2.81 bits per heavy atom. The highest BCUT2D eigenvalue weighted by Crippen LogP contribution is 2.31. The second-order valence-corrected chi connectivity index (χ2v) is 5.25. The van der Waals surface area contributed by atoms with Gasteiger partial charge in [-0.25, -0.2) is 4.98 Å². The lowest BCUT2D eigenvalue weighted by molar-refractivity contribution is -0.141. The fourth-order valence-corrected chi connectivity index (χ4v) is 2.42. The molecular formula is C12H14F3N5O. The molecule has 1 fully saturated rings. The van der Waals surface area contributed by atoms with Crippen LogP contribution in [-0.2, 0) is 6.18 Å². The number of aliphatic hydroxyl groups is 1. The lowest BCUT2D eigenvalue weighted by atomic mass is 9.96. The van der Waals surface area contributed by atoms with Gasteiger partial charge in [0.05, 0.1) is 6.10 Å². The predicted molar refractivity (Wildman–Crippen MR) is 67.8 cm³/mol. The van der Waals surface area contributed by atoms with Crippen molar-refractivity contribution < 1.29 is 18.3 Å². The molecule has 0 bridgehead atoms. The van der Waals surface area contributed by atoms with E-state index in [9.17, 15) is 18.3 Å². The van der Waals surface area contributed by atoms with E-state index in [0.717, 1.165) is 12.4 Å². The molecule has 2 aromatic heterocycles. The molecule has 0 aliphatic carbocycles. The molecule has 1 aliphatic rings. The summed E-state index contributed by atoms with van der Waals surface area (Å²) in [4.78, 5) is 8.89. The van der Waals surface area contributed by atoms with E-state index in [1.54, 1.807) is 4.90 Å². The van der Waals surface area contributed by atoms with Crippen molar-refractivity contribution in [3.8, 4) is 0 Å². The van der Waals surface area contributed by atoms with E-state index >= 15 is 0 Å². The van der Waals surface area contributed by atoms with Crippen molar-refractivity contribution in [2.75, 3.05) is 18.0 Å². The summed E-state index contributed by atoms with van der Waals surface area (Å²) >= 11 is 0. The van der Waals surface area contributed by atoms with Crippen molar-refractivity contribution >= 4 is 11.6 Å². The van der Waals surface area contributed by atoms with Crippen LogP contribution >= 0.6 is 0 Å². The molecule has 6 nitrogen and oxygen atoms in total. The van der Waals surface area contributed by atoms with Gasteiger partial charge in [-0.15, -0.1) is 0 Å². The summed E-state index contributed by atoms with van der Waals surface area (Å²) in [7, 11) is 0. The molecule has 0 saturated carbocycles. The van der Waals surface area contributed by atoms with Crippen molar-refractivity contribution in [2.45, 2.75) is 25.6 Å². The van der Waals surface area contributed by atoms with E-state index in [1.165, 1.54) is 4.52 Å². The topological polar surface area (TPSA) is 66.6 Å². The summed E-state index contributed by atoms with van der Waals surface area (Å²) in [5.74, 6) is 0.264. The molecule has 3 heterocycles. The fourth-order valence-electron chi connectivity index (χ4n) is 2.42. The van der Waals surface area contributed by atoms with E-state index in [0.29, 0.717) is 13.0 Å². The van der Waals surface area contributed by atoms with Gasteiger partial charge in [0.1, 0.15) is 12.1 Å². The molecule has 114 valence electrons. The maximum absolute atomic E-state index is 12.9. The van der Waals surface area contributed by atoms with E-state index in [4.69, 9.17) is 0 Å². The number of piperidine rings is 1. The Balaban J connectivity index is 2.06. The van der Waals surface area contributed by atoms with Crippen molar-refractivity contribution in [2.24, 2.45) is 5.92 Å². The van der Waals surface area contributed by atoms with Crippen LogP contribution in [-0.4, -0.2) is 43.9 Å². The largest absolute Gasteiger partial charge is 0.433 e. The van der Waals surface area contributed by atoms with Crippen molar-refractivity contribution in [1.29, 1.82) is 0 Å². The van der Waals surface area contributed by atoms with Gasteiger partial charge in [-0.05, 0) is 12.3 Å². The van der Waals surface area contributed by atoms with E-state index in [-0.39, 0.29) is 24.1 Å². The van der Waals surface area contributed by atoms with Crippen LogP contribution in [0.15, 0.2) is 12.4 Å². The van der Waals surface area contributed by atoms with Crippen LogP contribution < -0.4 is 4.90 Å². The summed E-state index contributed by atoms with van der Waals surface area (Å²) < 4.78 is 40.0. The number of β-amino-alcohol motifs (C(OH)–C–C–N with tert-alkyl or cyclic N) is 1. The first kappa shape index (κ1) is 14.1. The van der Waals surface area contributed by atoms with E-state index in [1.807, 2.05) is 6.92 Å². The number of nitrogens with zero attached hydrogens (tertiary/aromatic N) is 5. The zero-order valence-electron chi connectivity index (χ0n) is 11.2. The van der Waals surface area contributed by atoms with Crippen LogP contribution in [0.2, 0.25) is 0 Å². The Morgan fingerprint density at radius 1 is 1.38 bits per heavy atom. The number of rotatable bonds is 1. The third-order valence-electron chi connectivity index (χ3n) is 3.77. The minimum Gasteiger partial charge on any atom is -0.391 e. The summed E-state index contributed by atoms with van der Waals surface area (Å²) in [6, 6.07) is 0.949. The van der Waals surface area contributed by atoms with Gasteiger partial charge in [0.25, 0.3) is 5.78 Å². The Bertz CT molecular complexity index is 656. The molecule has 1 N–H and O–H groups in total. The van der Waals surface area contributed by atoms with Crippen LogP contribution in [0.3, 0.4) is 0 Å². The van der Waals surface area contributed by atoms with E-state index < -0.39 is 18.0 Å². The van der Waals surface area contributed by atoms with Crippen LogP contribution in [0.4, 0.5) is 19.0 Å². The first-order valence-corrected chi connectivity index (χ1v) is 6.57. The summed E-state index contributed by atoms with van der Waals surface area (Å²) in [6.45, 7) is 2.73. The lowest BCUT2D eigenvalue weighted by Gasteiger charge is -2.35. The molecule has 2 unspecified atom stereocenters. The summed E-state index contributed by atoms with van der Waals surface area (Å²) in [5, 5.41) is 13.8. The number of anilines is 1. The fraction of sp³-hybridized carbons (Fsp3) is 0.583. The molecule has 0 aromatic carbocycles. The average molecular weight is 301 g/mol. The molecule has 2 atom stereocenters. The Labute approximate surface area is 118 Å². The maximum atomic E-state index is 12.9. The molecule has 21 heavy (non-hydrogen) atoms. The summed E-state index contributed by atoms with van der Waals surface area (Å²) in [6.07, 6.45) is -3.28. The van der Waals surface area contributed by atoms with Gasteiger partial charge in [0.2, 0.25) is 0 Å². The second-order valence-electron chi connectivity index (χ2n) is 5.25. The number of aromatic nitrogens is 4. The molecule has 1 aliphatic heterocycles. The zero-order chi connectivity index (χ0) is 15.2. The maximum Gasteiger partial charge on any atom is 0.433 e. The third-order valence-corrected chi connectivity index (χ3v) is 3.77. The second kappa shape index (κ2) is 4.83. The van der Waals surface area contributed by atoms with Crippen molar-refractivity contribution in [3.05, 3.63) is 18.1 Å². The number of hydrogen-bond acceptors (Lipinski definition) is 5. The van der Waals surface area contributed by atoms with Gasteiger partial charge in [-0.3, -0.25) is 0 Å². The van der Waals surface area contributed by atoms with Crippen molar-refractivity contribution in [3.63, 3.8) is 0 Å². The quantitative estimate of drug-likeness (QED) is 0.861. The predicted octanol–water partition coefficient (Wildman–Crippen LogP) is 1.35. The number of aliphatic hydroxyl groups excluding tert-OH is 1. The Kier molecular flexibility index (Phi) is 3.23. The molecule has 0 radical (unpaired) electrons. The first-order chi connectivity index (χ1) is 9.86. The molecular weight excluding hydrogens is 287 g/mol. The van der Waals surface area contributed by atoms with E-state index in [2.05, 4.69) is 15.1 Å². The Hall–Kier alpha value is -1.90. The third kappa shape index (κ3) is 2.53. The van der Waals surface area contributed by atoms with Gasteiger partial charge in [-0.2, -0.15) is 27.8 Å². The first-order valence-electron chi connectivity index (χ1n) is 6.57. The SMILES string of the molecule is CC1CCN(c2cc(C(F)(F)F)nc3ncnn23)CC1O. The van der Waals surface area contributed by atoms with Gasteiger partial charge in [0.15, 0.2) is 5.69 Å². The van der Waals surface area contributed by atoms with Crippen LogP contribution in [0.1, 0.15) is 19.0 Å². The molecule has 1 saturated heterocycles. The van der Waals surface area contributed by atoms with Crippen LogP contribution in [0, 0.1) is 5.92 Å². The molecule has 0 amide bonds. The number of fused-ring (bicyclic) bond motifs is 1. The normalized spacial score (nSPS) is 23.8. The molecule has 9 heteroatoms. The number of halogens is 3. The van der Waals surface area contributed by atoms with Gasteiger partial charge in [0, 0.05) is 19.2 Å². The smallest absolute Gasteiger partial charge is 0.391 e. The van der Waals surface area contributed by atoms with Crippen LogP contribution in [0.5, 0.6) is 0 Å². The lowest BCUT2D eigenvalue weighted by Crippen LogP contribution is -2.43. The monoisotopic (exact) mass is 301 g/mol. The number of alkyl halides is 3. The molecule has 0 spiro atoms. The van der Waals surface area contributed by atoms with Gasteiger partial charge in [-0.1, -0.05) is 6.92 Å². The van der Waals surface area contributed by atoms with Crippen molar-refractivity contribution in [1.82, 2.24) is 19.6 Å². The summed E-state index contributed by atoms with van der Waals surface area (Å²) in [5.41, 5.74) is -1.01. The standard InChI is InChI=1S/C12H14F3N5O/c1-7-2-3-19(5-8(7)21)10-4-9(12(13,14)15)18-11-16-6-17-20(10)11/h4,6-8,21H,2-3,5H2,1H3. The number of hydrogen-bond donors (Lipinski definition) is 1. The minimum atomic E-state index is -4.55. The van der Waals surface area contributed by atoms with Gasteiger partial charge < -0.3 is 10.0 Å². The highest BCUT2D eigenvalue weighted by Gasteiger charge is 2.35.